The lowest BCUT2D eigenvalue weighted by Crippen LogP contribution is -2.23. The Bertz CT molecular complexity index is 593. The van der Waals surface area contributed by atoms with Crippen LogP contribution in [0.5, 0.6) is 0 Å². The van der Waals surface area contributed by atoms with E-state index in [1.54, 1.807) is 6.20 Å². The molecule has 0 radical (unpaired) electrons. The summed E-state index contributed by atoms with van der Waals surface area (Å²) < 4.78 is 2.04. The summed E-state index contributed by atoms with van der Waals surface area (Å²) in [5, 5.41) is 12.1. The monoisotopic (exact) mass is 287 g/mol. The van der Waals surface area contributed by atoms with Crippen molar-refractivity contribution in [3.8, 4) is 0 Å². The lowest BCUT2D eigenvalue weighted by atomic mass is 10.1. The second-order valence-corrected chi connectivity index (χ2v) is 4.97. The Labute approximate surface area is 124 Å². The van der Waals surface area contributed by atoms with Crippen molar-refractivity contribution in [3.63, 3.8) is 0 Å². The van der Waals surface area contributed by atoms with Crippen LogP contribution in [0.3, 0.4) is 0 Å². The van der Waals surface area contributed by atoms with Crippen molar-refractivity contribution in [2.75, 3.05) is 0 Å². The summed E-state index contributed by atoms with van der Waals surface area (Å²) in [7, 11) is 0. The van der Waals surface area contributed by atoms with Gasteiger partial charge < -0.3 is 15.0 Å². The number of hydrogen-bond acceptors (Lipinski definition) is 3. The number of hydrogen-bond donors (Lipinski definition) is 2. The van der Waals surface area contributed by atoms with E-state index in [0.29, 0.717) is 13.0 Å². The molecule has 2 rings (SSSR count). The molecule has 0 aliphatic carbocycles. The zero-order valence-electron chi connectivity index (χ0n) is 12.2. The van der Waals surface area contributed by atoms with Gasteiger partial charge in [-0.05, 0) is 24.5 Å². The summed E-state index contributed by atoms with van der Waals surface area (Å²) in [6, 6.07) is 7.57. The van der Waals surface area contributed by atoms with Crippen molar-refractivity contribution >= 4 is 5.91 Å². The molecule has 2 aromatic rings. The number of aliphatic hydroxyl groups excluding tert-OH is 1. The number of aliphatic hydroxyl groups is 1. The molecule has 0 saturated heterocycles. The van der Waals surface area contributed by atoms with Gasteiger partial charge in [0, 0.05) is 31.9 Å². The first-order chi connectivity index (χ1) is 10.2. The highest BCUT2D eigenvalue weighted by atomic mass is 16.3. The first-order valence-electron chi connectivity index (χ1n) is 7.13. The molecule has 0 fully saturated rings. The van der Waals surface area contributed by atoms with Crippen LogP contribution in [-0.4, -0.2) is 20.6 Å². The Kier molecular flexibility index (Phi) is 5.51. The van der Waals surface area contributed by atoms with E-state index in [9.17, 15) is 9.90 Å². The zero-order valence-corrected chi connectivity index (χ0v) is 12.2. The molecule has 0 saturated carbocycles. The van der Waals surface area contributed by atoms with E-state index >= 15 is 0 Å². The number of amides is 1. The Morgan fingerprint density at radius 2 is 2.10 bits per heavy atom. The first kappa shape index (κ1) is 15.3. The molecule has 0 aliphatic heterocycles. The number of nitrogens with zero attached hydrogens (tertiary/aromatic N) is 2. The average molecular weight is 287 g/mol. The molecule has 0 aliphatic rings. The molecule has 21 heavy (non-hydrogen) atoms. The minimum Gasteiger partial charge on any atom is -0.392 e. The van der Waals surface area contributed by atoms with Crippen LogP contribution in [-0.2, 0) is 24.5 Å². The molecule has 1 amide bonds. The minimum absolute atomic E-state index is 0.00799. The van der Waals surface area contributed by atoms with Crippen LogP contribution in [0.15, 0.2) is 36.7 Å². The van der Waals surface area contributed by atoms with Crippen LogP contribution in [0.25, 0.3) is 0 Å². The molecular weight excluding hydrogens is 266 g/mol. The van der Waals surface area contributed by atoms with E-state index in [0.717, 1.165) is 29.9 Å². The van der Waals surface area contributed by atoms with Crippen molar-refractivity contribution in [2.45, 2.75) is 39.5 Å². The smallest absolute Gasteiger partial charge is 0.220 e. The fourth-order valence-corrected chi connectivity index (χ4v) is 2.22. The lowest BCUT2D eigenvalue weighted by molar-refractivity contribution is -0.121. The normalized spacial score (nSPS) is 10.6. The third kappa shape index (κ3) is 4.43. The van der Waals surface area contributed by atoms with Crippen LogP contribution >= 0.6 is 0 Å². The van der Waals surface area contributed by atoms with Gasteiger partial charge in [-0.3, -0.25) is 4.79 Å². The van der Waals surface area contributed by atoms with Crippen molar-refractivity contribution in [1.29, 1.82) is 0 Å². The SMILES string of the molecule is Cc1nccn1CCCC(=O)NCc1ccccc1CO. The number of imidazole rings is 1. The predicted octanol–water partition coefficient (Wildman–Crippen LogP) is 1.78. The summed E-state index contributed by atoms with van der Waals surface area (Å²) in [5.74, 6) is 0.993. The molecule has 5 heteroatoms. The summed E-state index contributed by atoms with van der Waals surface area (Å²) in [6.45, 7) is 3.20. The topological polar surface area (TPSA) is 67.2 Å². The van der Waals surface area contributed by atoms with Gasteiger partial charge in [-0.15, -0.1) is 0 Å². The fraction of sp³-hybridized carbons (Fsp3) is 0.375. The summed E-state index contributed by atoms with van der Waals surface area (Å²) >= 11 is 0. The third-order valence-electron chi connectivity index (χ3n) is 3.49. The highest BCUT2D eigenvalue weighted by Gasteiger charge is 2.05. The van der Waals surface area contributed by atoms with Crippen molar-refractivity contribution < 1.29 is 9.90 Å². The maximum absolute atomic E-state index is 11.8. The molecule has 5 nitrogen and oxygen atoms in total. The van der Waals surface area contributed by atoms with Gasteiger partial charge in [0.1, 0.15) is 5.82 Å². The molecule has 0 bridgehead atoms. The van der Waals surface area contributed by atoms with E-state index in [-0.39, 0.29) is 12.5 Å². The molecule has 1 heterocycles. The molecule has 0 unspecified atom stereocenters. The van der Waals surface area contributed by atoms with Crippen molar-refractivity contribution in [1.82, 2.24) is 14.9 Å². The second kappa shape index (κ2) is 7.59. The van der Waals surface area contributed by atoms with Crippen LogP contribution in [0.1, 0.15) is 29.8 Å². The molecule has 112 valence electrons. The van der Waals surface area contributed by atoms with E-state index in [1.807, 2.05) is 42.0 Å². The Morgan fingerprint density at radius 1 is 1.33 bits per heavy atom. The summed E-state index contributed by atoms with van der Waals surface area (Å²) in [6.07, 6.45) is 4.95. The Hall–Kier alpha value is -2.14. The standard InChI is InChI=1S/C16H21N3O2/c1-13-17-8-10-19(13)9-4-7-16(21)18-11-14-5-2-3-6-15(14)12-20/h2-3,5-6,8,10,20H,4,7,9,11-12H2,1H3,(H,18,21). The Balaban J connectivity index is 1.74. The van der Waals surface area contributed by atoms with E-state index in [4.69, 9.17) is 0 Å². The fourth-order valence-electron chi connectivity index (χ4n) is 2.22. The highest BCUT2D eigenvalue weighted by molar-refractivity contribution is 5.75. The van der Waals surface area contributed by atoms with Gasteiger partial charge in [-0.25, -0.2) is 4.98 Å². The van der Waals surface area contributed by atoms with E-state index in [1.165, 1.54) is 0 Å². The van der Waals surface area contributed by atoms with Gasteiger partial charge in [0.05, 0.1) is 6.61 Å². The lowest BCUT2D eigenvalue weighted by Gasteiger charge is -2.09. The Morgan fingerprint density at radius 3 is 2.76 bits per heavy atom. The maximum Gasteiger partial charge on any atom is 0.220 e. The number of carbonyl (C=O) groups is 1. The van der Waals surface area contributed by atoms with Crippen molar-refractivity contribution in [3.05, 3.63) is 53.6 Å². The number of nitrogens with one attached hydrogen (secondary N) is 1. The van der Waals surface area contributed by atoms with Gasteiger partial charge in [0.25, 0.3) is 0 Å². The second-order valence-electron chi connectivity index (χ2n) is 4.97. The predicted molar refractivity (Wildman–Crippen MR) is 80.4 cm³/mol. The van der Waals surface area contributed by atoms with Crippen LogP contribution in [0.4, 0.5) is 0 Å². The van der Waals surface area contributed by atoms with Crippen LogP contribution < -0.4 is 5.32 Å². The quantitative estimate of drug-likeness (QED) is 0.815. The molecule has 1 aromatic carbocycles. The van der Waals surface area contributed by atoms with Gasteiger partial charge in [-0.2, -0.15) is 0 Å². The first-order valence-corrected chi connectivity index (χ1v) is 7.13. The van der Waals surface area contributed by atoms with Gasteiger partial charge in [0.15, 0.2) is 0 Å². The third-order valence-corrected chi connectivity index (χ3v) is 3.49. The summed E-state index contributed by atoms with van der Waals surface area (Å²) in [4.78, 5) is 16.0. The number of benzene rings is 1. The number of aromatic nitrogens is 2. The van der Waals surface area contributed by atoms with Crippen LogP contribution in [0, 0.1) is 6.92 Å². The number of aryl methyl sites for hydroxylation is 2. The molecule has 1 aromatic heterocycles. The molecule has 0 spiro atoms. The van der Waals surface area contributed by atoms with Crippen molar-refractivity contribution in [2.24, 2.45) is 0 Å². The number of carbonyl (C=O) groups excluding carboxylic acids is 1. The van der Waals surface area contributed by atoms with Gasteiger partial charge in [-0.1, -0.05) is 24.3 Å². The van der Waals surface area contributed by atoms with Gasteiger partial charge >= 0.3 is 0 Å². The number of rotatable bonds is 7. The molecular formula is C16H21N3O2. The molecule has 0 atom stereocenters. The average Bonchev–Trinajstić information content (AvgIpc) is 2.91. The summed E-state index contributed by atoms with van der Waals surface area (Å²) in [5.41, 5.74) is 1.81. The van der Waals surface area contributed by atoms with E-state index < -0.39 is 0 Å². The maximum atomic E-state index is 11.8. The zero-order chi connectivity index (χ0) is 15.1. The van der Waals surface area contributed by atoms with E-state index in [2.05, 4.69) is 10.3 Å². The minimum atomic E-state index is -0.00799. The van der Waals surface area contributed by atoms with Crippen LogP contribution in [0.2, 0.25) is 0 Å². The molecule has 2 N–H and O–H groups in total. The highest BCUT2D eigenvalue weighted by Crippen LogP contribution is 2.08. The van der Waals surface area contributed by atoms with Gasteiger partial charge in [0.2, 0.25) is 5.91 Å². The largest absolute Gasteiger partial charge is 0.392 e.